The molecule has 3 nitrogen and oxygen atoms in total. The largest absolute Gasteiger partial charge is 0.395 e. The molecule has 0 aliphatic rings. The molecule has 0 unspecified atom stereocenters. The smallest absolute Gasteiger partial charge is 0.0558 e. The molecule has 0 heterocycles. The molecule has 1 aromatic rings. The topological polar surface area (TPSA) is 43.7 Å². The zero-order valence-electron chi connectivity index (χ0n) is 9.56. The highest BCUT2D eigenvalue weighted by Crippen LogP contribution is 1.92. The van der Waals surface area contributed by atoms with Gasteiger partial charge in [-0.3, -0.25) is 0 Å². The lowest BCUT2D eigenvalue weighted by atomic mass is 10.2. The van der Waals surface area contributed by atoms with Crippen LogP contribution >= 0.6 is 0 Å². The van der Waals surface area contributed by atoms with Gasteiger partial charge in [-0.2, -0.15) is 0 Å². The fourth-order valence-corrected chi connectivity index (χ4v) is 0.988. The van der Waals surface area contributed by atoms with E-state index in [4.69, 9.17) is 10.2 Å². The van der Waals surface area contributed by atoms with Gasteiger partial charge in [0, 0.05) is 13.1 Å². The summed E-state index contributed by atoms with van der Waals surface area (Å²) in [6.45, 7) is 3.69. The van der Waals surface area contributed by atoms with Gasteiger partial charge >= 0.3 is 0 Å². The van der Waals surface area contributed by atoms with Crippen LogP contribution in [0.1, 0.15) is 5.56 Å². The molecule has 0 saturated carbocycles. The third kappa shape index (κ3) is 9.41. The minimum atomic E-state index is 0.163. The monoisotopic (exact) mass is 211 g/mol. The number of aliphatic hydroxyl groups is 2. The number of likely N-dealkylation sites (N-methyl/N-ethyl adjacent to an activating group) is 1. The van der Waals surface area contributed by atoms with Crippen LogP contribution in [0.4, 0.5) is 0 Å². The van der Waals surface area contributed by atoms with E-state index in [2.05, 4.69) is 19.1 Å². The van der Waals surface area contributed by atoms with Gasteiger partial charge in [0.15, 0.2) is 0 Å². The highest BCUT2D eigenvalue weighted by molar-refractivity contribution is 5.11. The van der Waals surface area contributed by atoms with Crippen molar-refractivity contribution in [3.8, 4) is 0 Å². The number of hydrogen-bond acceptors (Lipinski definition) is 3. The maximum atomic E-state index is 8.34. The van der Waals surface area contributed by atoms with Crippen LogP contribution in [-0.2, 0) is 0 Å². The summed E-state index contributed by atoms with van der Waals surface area (Å²) in [4.78, 5) is 1.86. The first kappa shape index (κ1) is 14.1. The van der Waals surface area contributed by atoms with Gasteiger partial charge < -0.3 is 15.1 Å². The Hall–Kier alpha value is -0.900. The molecule has 0 aromatic heterocycles. The zero-order chi connectivity index (χ0) is 11.5. The van der Waals surface area contributed by atoms with Crippen molar-refractivity contribution < 1.29 is 10.2 Å². The Bertz CT molecular complexity index is 220. The number of benzene rings is 1. The normalized spacial score (nSPS) is 9.67. The molecule has 0 aliphatic heterocycles. The van der Waals surface area contributed by atoms with Crippen LogP contribution in [0, 0.1) is 6.92 Å². The number of hydrogen-bond donors (Lipinski definition) is 2. The summed E-state index contributed by atoms with van der Waals surface area (Å²) >= 11 is 0. The fourth-order valence-electron chi connectivity index (χ4n) is 0.988. The standard InChI is InChI=1S/C7H8.C5H13NO2/c1-7-5-3-2-4-6-7;1-6(2-4-7)3-5-8/h2-6H,1H3;7-8H,2-5H2,1H3. The SMILES string of the molecule is CN(CCO)CCO.Cc1ccccc1. The second kappa shape index (κ2) is 9.65. The summed E-state index contributed by atoms with van der Waals surface area (Å²) in [6, 6.07) is 10.3. The van der Waals surface area contributed by atoms with Gasteiger partial charge in [0.1, 0.15) is 0 Å². The first-order valence-electron chi connectivity index (χ1n) is 5.12. The zero-order valence-corrected chi connectivity index (χ0v) is 9.56. The third-order valence-corrected chi connectivity index (χ3v) is 1.90. The molecule has 0 atom stereocenters. The van der Waals surface area contributed by atoms with Gasteiger partial charge in [-0.25, -0.2) is 0 Å². The molecule has 3 heteroatoms. The predicted molar refractivity (Wildman–Crippen MR) is 62.8 cm³/mol. The summed E-state index contributed by atoms with van der Waals surface area (Å²) < 4.78 is 0. The van der Waals surface area contributed by atoms with Crippen molar-refractivity contribution in [2.75, 3.05) is 33.4 Å². The molecule has 1 aromatic carbocycles. The molecule has 0 spiro atoms. The number of aliphatic hydroxyl groups excluding tert-OH is 2. The molecule has 0 fully saturated rings. The highest BCUT2D eigenvalue weighted by atomic mass is 16.3. The molecule has 0 aliphatic carbocycles. The maximum Gasteiger partial charge on any atom is 0.0558 e. The van der Waals surface area contributed by atoms with Crippen molar-refractivity contribution in [2.45, 2.75) is 6.92 Å². The van der Waals surface area contributed by atoms with Gasteiger partial charge in [-0.1, -0.05) is 35.9 Å². The van der Waals surface area contributed by atoms with E-state index in [1.54, 1.807) is 0 Å². The van der Waals surface area contributed by atoms with E-state index in [-0.39, 0.29) is 13.2 Å². The molecule has 86 valence electrons. The summed E-state index contributed by atoms with van der Waals surface area (Å²) in [6.07, 6.45) is 0. The van der Waals surface area contributed by atoms with E-state index in [1.807, 2.05) is 30.1 Å². The van der Waals surface area contributed by atoms with Gasteiger partial charge in [-0.15, -0.1) is 0 Å². The quantitative estimate of drug-likeness (QED) is 0.777. The lowest BCUT2D eigenvalue weighted by Crippen LogP contribution is -2.25. The Balaban J connectivity index is 0.000000262. The molecular formula is C12H21NO2. The van der Waals surface area contributed by atoms with Crippen molar-refractivity contribution in [3.63, 3.8) is 0 Å². The predicted octanol–water partition coefficient (Wildman–Crippen LogP) is 0.898. The van der Waals surface area contributed by atoms with E-state index >= 15 is 0 Å². The van der Waals surface area contributed by atoms with Gasteiger partial charge in [0.05, 0.1) is 13.2 Å². The van der Waals surface area contributed by atoms with Crippen LogP contribution < -0.4 is 0 Å². The summed E-state index contributed by atoms with van der Waals surface area (Å²) in [5.74, 6) is 0. The molecule has 1 rings (SSSR count). The molecule has 0 bridgehead atoms. The minimum absolute atomic E-state index is 0.163. The molecule has 2 N–H and O–H groups in total. The molecule has 0 amide bonds. The van der Waals surface area contributed by atoms with Gasteiger partial charge in [-0.05, 0) is 14.0 Å². The van der Waals surface area contributed by atoms with Crippen LogP contribution in [0.3, 0.4) is 0 Å². The van der Waals surface area contributed by atoms with E-state index in [0.717, 1.165) is 0 Å². The average molecular weight is 211 g/mol. The van der Waals surface area contributed by atoms with Crippen LogP contribution in [0.5, 0.6) is 0 Å². The number of nitrogens with zero attached hydrogens (tertiary/aromatic N) is 1. The second-order valence-electron chi connectivity index (χ2n) is 3.41. The first-order chi connectivity index (χ1) is 7.20. The Morgan fingerprint density at radius 3 is 1.73 bits per heavy atom. The van der Waals surface area contributed by atoms with E-state index in [1.165, 1.54) is 5.56 Å². The molecular weight excluding hydrogens is 190 g/mol. The van der Waals surface area contributed by atoms with Crippen LogP contribution in [0.15, 0.2) is 30.3 Å². The molecule has 15 heavy (non-hydrogen) atoms. The molecule has 0 saturated heterocycles. The van der Waals surface area contributed by atoms with E-state index in [9.17, 15) is 0 Å². The minimum Gasteiger partial charge on any atom is -0.395 e. The van der Waals surface area contributed by atoms with Crippen LogP contribution in [0.25, 0.3) is 0 Å². The maximum absolute atomic E-state index is 8.34. The lowest BCUT2D eigenvalue weighted by Gasteiger charge is -2.11. The van der Waals surface area contributed by atoms with E-state index in [0.29, 0.717) is 13.1 Å². The van der Waals surface area contributed by atoms with Crippen molar-refractivity contribution in [2.24, 2.45) is 0 Å². The highest BCUT2D eigenvalue weighted by Gasteiger charge is 1.91. The van der Waals surface area contributed by atoms with Crippen LogP contribution in [-0.4, -0.2) is 48.5 Å². The summed E-state index contributed by atoms with van der Waals surface area (Å²) in [5.41, 5.74) is 1.32. The average Bonchev–Trinajstić information content (AvgIpc) is 2.20. The third-order valence-electron chi connectivity index (χ3n) is 1.90. The first-order valence-corrected chi connectivity index (χ1v) is 5.12. The van der Waals surface area contributed by atoms with Gasteiger partial charge in [0.25, 0.3) is 0 Å². The Morgan fingerprint density at radius 2 is 1.47 bits per heavy atom. The van der Waals surface area contributed by atoms with Crippen molar-refractivity contribution in [1.29, 1.82) is 0 Å². The van der Waals surface area contributed by atoms with Crippen molar-refractivity contribution in [1.82, 2.24) is 4.90 Å². The van der Waals surface area contributed by atoms with Crippen molar-refractivity contribution in [3.05, 3.63) is 35.9 Å². The van der Waals surface area contributed by atoms with Crippen molar-refractivity contribution >= 4 is 0 Å². The summed E-state index contributed by atoms with van der Waals surface area (Å²) in [5, 5.41) is 16.7. The van der Waals surface area contributed by atoms with Gasteiger partial charge in [0.2, 0.25) is 0 Å². The number of rotatable bonds is 4. The Morgan fingerprint density at radius 1 is 1.00 bits per heavy atom. The van der Waals surface area contributed by atoms with E-state index < -0.39 is 0 Å². The lowest BCUT2D eigenvalue weighted by molar-refractivity contribution is 0.184. The summed E-state index contributed by atoms with van der Waals surface area (Å²) in [7, 11) is 1.85. The fraction of sp³-hybridized carbons (Fsp3) is 0.500. The molecule has 0 radical (unpaired) electrons. The Labute approximate surface area is 92.0 Å². The Kier molecular flexibility index (Phi) is 9.07. The number of aryl methyl sites for hydroxylation is 1. The second-order valence-corrected chi connectivity index (χ2v) is 3.41. The van der Waals surface area contributed by atoms with Crippen LogP contribution in [0.2, 0.25) is 0 Å².